The number of nitrogens with zero attached hydrogens (tertiary/aromatic N) is 1. The second-order valence-corrected chi connectivity index (χ2v) is 6.92. The minimum Gasteiger partial charge on any atom is -0.383 e. The Bertz CT molecular complexity index is 1150. The van der Waals surface area contributed by atoms with Crippen LogP contribution >= 0.6 is 0 Å². The number of hydrogen-bond acceptors (Lipinski definition) is 4. The molecule has 0 aliphatic heterocycles. The van der Waals surface area contributed by atoms with Gasteiger partial charge in [-0.05, 0) is 45.8 Å². The number of nitrogens with two attached hydrogens (primary N) is 2. The van der Waals surface area contributed by atoms with Crippen molar-refractivity contribution in [3.8, 4) is 0 Å². The summed E-state index contributed by atoms with van der Waals surface area (Å²) in [5, 5.41) is 7.13. The molecule has 0 radical (unpaired) electrons. The predicted molar refractivity (Wildman–Crippen MR) is 114 cm³/mol. The number of benzene rings is 3. The molecule has 5 N–H and O–H groups in total. The Morgan fingerprint density at radius 1 is 0.964 bits per heavy atom. The van der Waals surface area contributed by atoms with Crippen LogP contribution in [0.4, 0.5) is 5.82 Å². The van der Waals surface area contributed by atoms with Crippen LogP contribution in [0.2, 0.25) is 0 Å². The van der Waals surface area contributed by atoms with Gasteiger partial charge in [-0.3, -0.25) is 4.79 Å². The second-order valence-electron chi connectivity index (χ2n) is 6.92. The van der Waals surface area contributed by atoms with E-state index >= 15 is 0 Å². The predicted octanol–water partition coefficient (Wildman–Crippen LogP) is 3.16. The molecule has 4 rings (SSSR count). The van der Waals surface area contributed by atoms with Crippen LogP contribution in [0.5, 0.6) is 0 Å². The fourth-order valence-corrected chi connectivity index (χ4v) is 3.48. The standard InChI is InChI=1S/C23H22N4O/c24-21(13-17-6-3-5-16-4-1-2-7-19(16)17)23(28)27-14-15-8-9-20-18(12-15)10-11-26-22(20)25/h1-12,21H,13-14,24H2,(H2,25,26)(H,27,28)/t21-/m0/s1. The van der Waals surface area contributed by atoms with E-state index in [2.05, 4.69) is 28.5 Å². The van der Waals surface area contributed by atoms with Crippen LogP contribution in [-0.4, -0.2) is 16.9 Å². The summed E-state index contributed by atoms with van der Waals surface area (Å²) >= 11 is 0. The molecule has 1 amide bonds. The van der Waals surface area contributed by atoms with E-state index in [0.717, 1.165) is 32.7 Å². The van der Waals surface area contributed by atoms with Gasteiger partial charge in [-0.15, -0.1) is 0 Å². The van der Waals surface area contributed by atoms with E-state index in [1.807, 2.05) is 48.5 Å². The van der Waals surface area contributed by atoms with Gasteiger partial charge in [0.2, 0.25) is 5.91 Å². The van der Waals surface area contributed by atoms with Crippen LogP contribution in [0.1, 0.15) is 11.1 Å². The fraction of sp³-hybridized carbons (Fsp3) is 0.130. The Morgan fingerprint density at radius 3 is 2.68 bits per heavy atom. The highest BCUT2D eigenvalue weighted by atomic mass is 16.2. The molecule has 1 atom stereocenters. The lowest BCUT2D eigenvalue weighted by Crippen LogP contribution is -2.41. The first kappa shape index (κ1) is 17.9. The first-order valence-electron chi connectivity index (χ1n) is 9.25. The average molecular weight is 370 g/mol. The zero-order valence-electron chi connectivity index (χ0n) is 15.4. The highest BCUT2D eigenvalue weighted by Crippen LogP contribution is 2.21. The van der Waals surface area contributed by atoms with E-state index < -0.39 is 6.04 Å². The molecule has 0 saturated carbocycles. The van der Waals surface area contributed by atoms with E-state index in [9.17, 15) is 4.79 Å². The summed E-state index contributed by atoms with van der Waals surface area (Å²) in [6.45, 7) is 0.417. The molecule has 0 aliphatic rings. The SMILES string of the molecule is Nc1nccc2cc(CNC(=O)[C@@H](N)Cc3cccc4ccccc34)ccc12. The molecule has 0 saturated heterocycles. The summed E-state index contributed by atoms with van der Waals surface area (Å²) in [6.07, 6.45) is 2.17. The molecule has 0 spiro atoms. The molecule has 0 fully saturated rings. The number of rotatable bonds is 5. The van der Waals surface area contributed by atoms with Gasteiger partial charge in [0.1, 0.15) is 5.82 Å². The van der Waals surface area contributed by atoms with Crippen LogP contribution in [-0.2, 0) is 17.8 Å². The fourth-order valence-electron chi connectivity index (χ4n) is 3.48. The Kier molecular flexibility index (Phi) is 4.91. The first-order valence-corrected chi connectivity index (χ1v) is 9.25. The highest BCUT2D eigenvalue weighted by Gasteiger charge is 2.15. The lowest BCUT2D eigenvalue weighted by atomic mass is 9.99. The summed E-state index contributed by atoms with van der Waals surface area (Å²) in [6, 6.07) is 21.4. The molecule has 1 heterocycles. The number of fused-ring (bicyclic) bond motifs is 2. The zero-order chi connectivity index (χ0) is 19.5. The topological polar surface area (TPSA) is 94.0 Å². The van der Waals surface area contributed by atoms with Gasteiger partial charge in [-0.25, -0.2) is 4.98 Å². The van der Waals surface area contributed by atoms with E-state index in [1.54, 1.807) is 6.20 Å². The van der Waals surface area contributed by atoms with Crippen molar-refractivity contribution in [1.82, 2.24) is 10.3 Å². The summed E-state index contributed by atoms with van der Waals surface area (Å²) < 4.78 is 0. The third-order valence-corrected chi connectivity index (χ3v) is 4.98. The molecule has 0 aliphatic carbocycles. The van der Waals surface area contributed by atoms with Crippen molar-refractivity contribution < 1.29 is 4.79 Å². The van der Waals surface area contributed by atoms with E-state index in [-0.39, 0.29) is 5.91 Å². The smallest absolute Gasteiger partial charge is 0.237 e. The van der Waals surface area contributed by atoms with Gasteiger partial charge in [0.25, 0.3) is 0 Å². The van der Waals surface area contributed by atoms with Gasteiger partial charge in [0.15, 0.2) is 0 Å². The minimum absolute atomic E-state index is 0.165. The van der Waals surface area contributed by atoms with E-state index in [4.69, 9.17) is 11.5 Å². The second kappa shape index (κ2) is 7.66. The van der Waals surface area contributed by atoms with Gasteiger partial charge >= 0.3 is 0 Å². The first-order chi connectivity index (χ1) is 13.6. The molecule has 0 unspecified atom stereocenters. The molecule has 3 aromatic carbocycles. The Hall–Kier alpha value is -3.44. The van der Waals surface area contributed by atoms with Crippen LogP contribution in [0, 0.1) is 0 Å². The number of amides is 1. The number of carbonyl (C=O) groups excluding carboxylic acids is 1. The third kappa shape index (κ3) is 3.66. The molecule has 0 bridgehead atoms. The summed E-state index contributed by atoms with van der Waals surface area (Å²) in [5.74, 6) is 0.340. The summed E-state index contributed by atoms with van der Waals surface area (Å²) in [4.78, 5) is 16.6. The monoisotopic (exact) mass is 370 g/mol. The van der Waals surface area contributed by atoms with Gasteiger partial charge < -0.3 is 16.8 Å². The van der Waals surface area contributed by atoms with Crippen LogP contribution in [0.25, 0.3) is 21.5 Å². The normalized spacial score (nSPS) is 12.2. The van der Waals surface area contributed by atoms with Crippen LogP contribution < -0.4 is 16.8 Å². The van der Waals surface area contributed by atoms with Crippen molar-refractivity contribution in [2.75, 3.05) is 5.73 Å². The number of pyridine rings is 1. The van der Waals surface area contributed by atoms with Gasteiger partial charge in [-0.2, -0.15) is 0 Å². The Labute approximate surface area is 163 Å². The van der Waals surface area contributed by atoms with Gasteiger partial charge in [-0.1, -0.05) is 54.6 Å². The largest absolute Gasteiger partial charge is 0.383 e. The van der Waals surface area contributed by atoms with Gasteiger partial charge in [0, 0.05) is 18.1 Å². The third-order valence-electron chi connectivity index (χ3n) is 4.98. The van der Waals surface area contributed by atoms with Crippen molar-refractivity contribution in [1.29, 1.82) is 0 Å². The maximum absolute atomic E-state index is 12.5. The molecule has 4 aromatic rings. The molecule has 5 heteroatoms. The highest BCUT2D eigenvalue weighted by molar-refractivity contribution is 5.91. The number of anilines is 1. The van der Waals surface area contributed by atoms with Crippen LogP contribution in [0.3, 0.4) is 0 Å². The molecular formula is C23H22N4O. The van der Waals surface area contributed by atoms with Crippen molar-refractivity contribution >= 4 is 33.3 Å². The maximum Gasteiger partial charge on any atom is 0.237 e. The van der Waals surface area contributed by atoms with Crippen LogP contribution in [0.15, 0.2) is 72.9 Å². The Morgan fingerprint density at radius 2 is 1.79 bits per heavy atom. The quantitative estimate of drug-likeness (QED) is 0.503. The van der Waals surface area contributed by atoms with Crippen molar-refractivity contribution in [2.45, 2.75) is 19.0 Å². The minimum atomic E-state index is -0.605. The number of nitrogen functional groups attached to an aromatic ring is 1. The molecule has 28 heavy (non-hydrogen) atoms. The van der Waals surface area contributed by atoms with E-state index in [1.165, 1.54) is 0 Å². The number of nitrogens with one attached hydrogen (secondary N) is 1. The van der Waals surface area contributed by atoms with Crippen molar-refractivity contribution in [3.63, 3.8) is 0 Å². The number of hydrogen-bond donors (Lipinski definition) is 3. The zero-order valence-corrected chi connectivity index (χ0v) is 15.4. The Balaban J connectivity index is 1.43. The lowest BCUT2D eigenvalue weighted by molar-refractivity contribution is -0.122. The maximum atomic E-state index is 12.5. The molecule has 1 aromatic heterocycles. The van der Waals surface area contributed by atoms with E-state index in [0.29, 0.717) is 18.8 Å². The molecule has 140 valence electrons. The number of carbonyl (C=O) groups is 1. The summed E-state index contributed by atoms with van der Waals surface area (Å²) in [7, 11) is 0. The number of aromatic nitrogens is 1. The lowest BCUT2D eigenvalue weighted by Gasteiger charge is -2.14. The summed E-state index contributed by atoms with van der Waals surface area (Å²) in [5.41, 5.74) is 14.1. The average Bonchev–Trinajstić information content (AvgIpc) is 2.72. The molecular weight excluding hydrogens is 348 g/mol. The van der Waals surface area contributed by atoms with Crippen molar-refractivity contribution in [2.24, 2.45) is 5.73 Å². The van der Waals surface area contributed by atoms with Crippen molar-refractivity contribution in [3.05, 3.63) is 84.1 Å². The van der Waals surface area contributed by atoms with Gasteiger partial charge in [0.05, 0.1) is 6.04 Å². The molecule has 5 nitrogen and oxygen atoms in total.